The van der Waals surface area contributed by atoms with Crippen LogP contribution >= 0.6 is 0 Å². The summed E-state index contributed by atoms with van der Waals surface area (Å²) >= 11 is 0. The van der Waals surface area contributed by atoms with Crippen LogP contribution < -0.4 is 10.3 Å². The summed E-state index contributed by atoms with van der Waals surface area (Å²) in [4.78, 5) is 44.4. The maximum atomic E-state index is 14.1. The van der Waals surface area contributed by atoms with E-state index in [-0.39, 0.29) is 39.5 Å². The summed E-state index contributed by atoms with van der Waals surface area (Å²) < 4.78 is 5.41. The molecule has 0 fully saturated rings. The molecule has 4 aromatic carbocycles. The van der Waals surface area contributed by atoms with Gasteiger partial charge in [0, 0.05) is 5.56 Å². The second kappa shape index (κ2) is 11.4. The van der Waals surface area contributed by atoms with Crippen LogP contribution in [0.25, 0.3) is 11.1 Å². The molecule has 208 valence electrons. The standard InChI is InChI=1S/C34H23N5O4/c1-43-32-29(27(21-12-5-2-6-13-21)25(20-35)31(40)36-32)38-37-26-19-11-18-24-28(26)34(42)39(33(24)41)30(22-14-7-3-8-15-22)23-16-9-4-10-17-23/h2-19,30H,1H3,(H,36,40). The Labute approximate surface area is 246 Å². The number of amides is 2. The van der Waals surface area contributed by atoms with Crippen LogP contribution in [-0.4, -0.2) is 28.8 Å². The van der Waals surface area contributed by atoms with Gasteiger partial charge >= 0.3 is 0 Å². The number of aromatic nitrogens is 1. The first-order valence-electron chi connectivity index (χ1n) is 13.4. The molecule has 9 nitrogen and oxygen atoms in total. The summed E-state index contributed by atoms with van der Waals surface area (Å²) in [6.07, 6.45) is 0. The van der Waals surface area contributed by atoms with E-state index in [0.29, 0.717) is 5.56 Å². The zero-order valence-electron chi connectivity index (χ0n) is 22.9. The van der Waals surface area contributed by atoms with Crippen LogP contribution in [0.2, 0.25) is 0 Å². The van der Waals surface area contributed by atoms with Crippen molar-refractivity contribution < 1.29 is 14.3 Å². The number of nitrogens with zero attached hydrogens (tertiary/aromatic N) is 4. The molecule has 0 spiro atoms. The van der Waals surface area contributed by atoms with Crippen molar-refractivity contribution in [3.8, 4) is 23.1 Å². The van der Waals surface area contributed by atoms with Gasteiger partial charge in [-0.25, -0.2) is 0 Å². The summed E-state index contributed by atoms with van der Waals surface area (Å²) in [5.74, 6) is -0.966. The van der Waals surface area contributed by atoms with Gasteiger partial charge in [0.2, 0.25) is 5.88 Å². The Balaban J connectivity index is 1.48. The van der Waals surface area contributed by atoms with Crippen LogP contribution in [0.15, 0.2) is 124 Å². The molecule has 6 rings (SSSR count). The Morgan fingerprint density at radius 1 is 0.744 bits per heavy atom. The van der Waals surface area contributed by atoms with Gasteiger partial charge in [0.25, 0.3) is 17.4 Å². The Morgan fingerprint density at radius 2 is 1.35 bits per heavy atom. The van der Waals surface area contributed by atoms with Gasteiger partial charge < -0.3 is 4.74 Å². The van der Waals surface area contributed by atoms with Crippen molar-refractivity contribution in [3.05, 3.63) is 147 Å². The molecule has 9 heteroatoms. The molecule has 1 aliphatic heterocycles. The van der Waals surface area contributed by atoms with Crippen LogP contribution in [0.3, 0.4) is 0 Å². The highest BCUT2D eigenvalue weighted by Crippen LogP contribution is 2.42. The minimum Gasteiger partial charge on any atom is -0.481 e. The van der Waals surface area contributed by atoms with Crippen LogP contribution in [0.5, 0.6) is 5.88 Å². The molecule has 2 heterocycles. The molecule has 0 atom stereocenters. The highest BCUT2D eigenvalue weighted by atomic mass is 16.5. The molecule has 0 saturated heterocycles. The molecule has 1 aliphatic rings. The third kappa shape index (κ3) is 4.77. The molecule has 1 N–H and O–H groups in total. The molecular weight excluding hydrogens is 542 g/mol. The van der Waals surface area contributed by atoms with Gasteiger partial charge in [-0.1, -0.05) is 97.1 Å². The molecule has 2 amide bonds. The van der Waals surface area contributed by atoms with E-state index in [1.807, 2.05) is 66.7 Å². The lowest BCUT2D eigenvalue weighted by molar-refractivity contribution is 0.0609. The van der Waals surface area contributed by atoms with E-state index >= 15 is 0 Å². The number of pyridine rings is 1. The lowest BCUT2D eigenvalue weighted by Gasteiger charge is -2.27. The van der Waals surface area contributed by atoms with Crippen molar-refractivity contribution in [3.63, 3.8) is 0 Å². The lowest BCUT2D eigenvalue weighted by Crippen LogP contribution is -2.34. The molecular formula is C34H23N5O4. The topological polar surface area (TPSA) is 128 Å². The van der Waals surface area contributed by atoms with E-state index in [1.54, 1.807) is 48.5 Å². The Bertz CT molecular complexity index is 1940. The average Bonchev–Trinajstić information content (AvgIpc) is 3.31. The van der Waals surface area contributed by atoms with E-state index in [9.17, 15) is 19.6 Å². The predicted octanol–water partition coefficient (Wildman–Crippen LogP) is 6.72. The minimum atomic E-state index is -0.665. The number of carbonyl (C=O) groups is 2. The second-order valence-corrected chi connectivity index (χ2v) is 9.67. The largest absolute Gasteiger partial charge is 0.481 e. The molecule has 5 aromatic rings. The summed E-state index contributed by atoms with van der Waals surface area (Å²) in [6.45, 7) is 0. The number of H-pyrrole nitrogens is 1. The van der Waals surface area contributed by atoms with E-state index in [0.717, 1.165) is 11.1 Å². The van der Waals surface area contributed by atoms with Gasteiger partial charge in [-0.3, -0.25) is 24.3 Å². The number of carbonyl (C=O) groups excluding carboxylic acids is 2. The molecule has 1 aromatic heterocycles. The monoisotopic (exact) mass is 565 g/mol. The molecule has 43 heavy (non-hydrogen) atoms. The number of rotatable bonds is 7. The van der Waals surface area contributed by atoms with E-state index in [4.69, 9.17) is 4.74 Å². The highest BCUT2D eigenvalue weighted by Gasteiger charge is 2.42. The van der Waals surface area contributed by atoms with Crippen LogP contribution in [0, 0.1) is 11.3 Å². The zero-order valence-corrected chi connectivity index (χ0v) is 22.9. The summed E-state index contributed by atoms with van der Waals surface area (Å²) in [5, 5.41) is 18.6. The van der Waals surface area contributed by atoms with Gasteiger partial charge in [-0.05, 0) is 28.8 Å². The third-order valence-corrected chi connectivity index (χ3v) is 7.21. The van der Waals surface area contributed by atoms with Gasteiger partial charge in [-0.2, -0.15) is 5.26 Å². The van der Waals surface area contributed by atoms with Gasteiger partial charge in [-0.15, -0.1) is 10.2 Å². The van der Waals surface area contributed by atoms with E-state index in [1.165, 1.54) is 12.0 Å². The number of azo groups is 1. The highest BCUT2D eigenvalue weighted by molar-refractivity contribution is 6.23. The first-order chi connectivity index (χ1) is 21.0. The van der Waals surface area contributed by atoms with Gasteiger partial charge in [0.05, 0.1) is 30.0 Å². The van der Waals surface area contributed by atoms with Crippen molar-refractivity contribution in [2.24, 2.45) is 10.2 Å². The second-order valence-electron chi connectivity index (χ2n) is 9.67. The number of benzene rings is 4. The van der Waals surface area contributed by atoms with Gasteiger partial charge in [0.1, 0.15) is 11.6 Å². The fourth-order valence-electron chi connectivity index (χ4n) is 5.27. The molecule has 0 bridgehead atoms. The number of fused-ring (bicyclic) bond motifs is 1. The summed E-state index contributed by atoms with van der Waals surface area (Å²) in [5.41, 5.74) is 2.12. The predicted molar refractivity (Wildman–Crippen MR) is 160 cm³/mol. The maximum Gasteiger partial charge on any atom is 0.269 e. The van der Waals surface area contributed by atoms with Crippen LogP contribution in [0.1, 0.15) is 43.4 Å². The van der Waals surface area contributed by atoms with E-state index in [2.05, 4.69) is 15.2 Å². The minimum absolute atomic E-state index is 0.00331. The lowest BCUT2D eigenvalue weighted by atomic mass is 9.97. The van der Waals surface area contributed by atoms with E-state index < -0.39 is 23.4 Å². The quantitative estimate of drug-likeness (QED) is 0.173. The number of ether oxygens (including phenoxy) is 1. The molecule has 0 unspecified atom stereocenters. The van der Waals surface area contributed by atoms with Crippen molar-refractivity contribution in [1.29, 1.82) is 5.26 Å². The number of nitriles is 1. The molecule has 0 aliphatic carbocycles. The zero-order chi connectivity index (χ0) is 29.9. The smallest absolute Gasteiger partial charge is 0.269 e. The van der Waals surface area contributed by atoms with Gasteiger partial charge in [0.15, 0.2) is 5.69 Å². The first-order valence-corrected chi connectivity index (χ1v) is 13.4. The Morgan fingerprint density at radius 3 is 1.93 bits per heavy atom. The summed E-state index contributed by atoms with van der Waals surface area (Å²) in [7, 11) is 1.36. The van der Waals surface area contributed by atoms with Crippen LogP contribution in [-0.2, 0) is 0 Å². The molecule has 0 saturated carbocycles. The van der Waals surface area contributed by atoms with Crippen LogP contribution in [0.4, 0.5) is 11.4 Å². The summed E-state index contributed by atoms with van der Waals surface area (Å²) in [6, 6.07) is 33.6. The number of aromatic amines is 1. The fourth-order valence-corrected chi connectivity index (χ4v) is 5.27. The normalized spacial score (nSPS) is 12.5. The Hall–Kier alpha value is -6.14. The van der Waals surface area contributed by atoms with Crippen molar-refractivity contribution in [1.82, 2.24) is 9.88 Å². The SMILES string of the molecule is COc1[nH]c(=O)c(C#N)c(-c2ccccc2)c1N=Nc1cccc2c1C(=O)N(C(c1ccccc1)c1ccccc1)C2=O. The number of hydrogen-bond donors (Lipinski definition) is 1. The van der Waals surface area contributed by atoms with Crippen molar-refractivity contribution in [2.45, 2.75) is 6.04 Å². The van der Waals surface area contributed by atoms with Crippen molar-refractivity contribution in [2.75, 3.05) is 7.11 Å². The fraction of sp³-hybridized carbons (Fsp3) is 0.0588. The molecule has 0 radical (unpaired) electrons. The number of methoxy groups -OCH3 is 1. The number of imide groups is 1. The average molecular weight is 566 g/mol. The maximum absolute atomic E-state index is 14.1. The first kappa shape index (κ1) is 27.1. The number of nitrogens with one attached hydrogen (secondary N) is 1. The van der Waals surface area contributed by atoms with Crippen molar-refractivity contribution >= 4 is 23.2 Å². The Kier molecular flexibility index (Phi) is 7.16. The number of hydrogen-bond acceptors (Lipinski definition) is 7. The third-order valence-electron chi connectivity index (χ3n) is 7.21.